The Kier molecular flexibility index (Phi) is 6.83. The minimum Gasteiger partial charge on any atom is -0.496 e. The summed E-state index contributed by atoms with van der Waals surface area (Å²) in [6, 6.07) is 12.4. The molecule has 3 rings (SSSR count). The van der Waals surface area contributed by atoms with Crippen molar-refractivity contribution in [3.63, 3.8) is 0 Å². The van der Waals surface area contributed by atoms with E-state index in [0.717, 1.165) is 5.56 Å². The second-order valence-corrected chi connectivity index (χ2v) is 7.50. The Morgan fingerprint density at radius 2 is 2.00 bits per heavy atom. The van der Waals surface area contributed by atoms with Gasteiger partial charge < -0.3 is 14.6 Å². The van der Waals surface area contributed by atoms with Gasteiger partial charge in [0.25, 0.3) is 0 Å². The molecule has 0 saturated carbocycles. The van der Waals surface area contributed by atoms with Crippen LogP contribution in [-0.4, -0.2) is 33.5 Å². The van der Waals surface area contributed by atoms with Gasteiger partial charge in [-0.15, -0.1) is 10.2 Å². The second kappa shape index (κ2) is 9.32. The lowest BCUT2D eigenvalue weighted by Crippen LogP contribution is -2.15. The van der Waals surface area contributed by atoms with Crippen LogP contribution in [-0.2, 0) is 11.3 Å². The first-order valence-electron chi connectivity index (χ1n) is 8.47. The van der Waals surface area contributed by atoms with Crippen molar-refractivity contribution in [3.8, 4) is 17.1 Å². The Morgan fingerprint density at radius 1 is 1.21 bits per heavy atom. The number of benzene rings is 2. The highest BCUT2D eigenvalue weighted by atomic mass is 35.5. The summed E-state index contributed by atoms with van der Waals surface area (Å²) in [4.78, 5) is 12.3. The average molecular weight is 437 g/mol. The lowest BCUT2D eigenvalue weighted by Gasteiger charge is -2.11. The first-order chi connectivity index (χ1) is 13.5. The van der Waals surface area contributed by atoms with Gasteiger partial charge in [-0.2, -0.15) is 0 Å². The number of carbonyl (C=O) groups is 1. The largest absolute Gasteiger partial charge is 0.496 e. The molecule has 1 amide bonds. The van der Waals surface area contributed by atoms with Gasteiger partial charge >= 0.3 is 0 Å². The van der Waals surface area contributed by atoms with E-state index >= 15 is 0 Å². The zero-order valence-corrected chi connectivity index (χ0v) is 17.6. The molecule has 0 aliphatic heterocycles. The van der Waals surface area contributed by atoms with Crippen molar-refractivity contribution in [2.45, 2.75) is 18.6 Å². The van der Waals surface area contributed by atoms with E-state index < -0.39 is 0 Å². The quantitative estimate of drug-likeness (QED) is 0.527. The molecular formula is C19H18Cl2N4O2S. The Labute approximate surface area is 177 Å². The molecule has 0 spiro atoms. The molecule has 3 aromatic rings. The topological polar surface area (TPSA) is 69.0 Å². The summed E-state index contributed by atoms with van der Waals surface area (Å²) >= 11 is 13.5. The molecule has 0 aliphatic carbocycles. The summed E-state index contributed by atoms with van der Waals surface area (Å²) in [5.74, 6) is 1.29. The minimum absolute atomic E-state index is 0.175. The maximum Gasteiger partial charge on any atom is 0.234 e. The molecule has 0 radical (unpaired) electrons. The molecule has 1 aromatic heterocycles. The van der Waals surface area contributed by atoms with Crippen LogP contribution in [0.5, 0.6) is 5.75 Å². The number of amides is 1. The number of halogens is 2. The van der Waals surface area contributed by atoms with Gasteiger partial charge in [-0.05, 0) is 37.3 Å². The van der Waals surface area contributed by atoms with Crippen LogP contribution in [0.4, 0.5) is 5.69 Å². The van der Waals surface area contributed by atoms with E-state index in [1.54, 1.807) is 37.4 Å². The molecule has 0 aliphatic rings. The Morgan fingerprint density at radius 3 is 2.71 bits per heavy atom. The molecule has 0 unspecified atom stereocenters. The first kappa shape index (κ1) is 20.5. The summed E-state index contributed by atoms with van der Waals surface area (Å²) in [5.41, 5.74) is 1.33. The smallest absolute Gasteiger partial charge is 0.234 e. The van der Waals surface area contributed by atoms with E-state index in [2.05, 4.69) is 15.5 Å². The van der Waals surface area contributed by atoms with Crippen LogP contribution in [0.15, 0.2) is 47.6 Å². The van der Waals surface area contributed by atoms with Crippen molar-refractivity contribution in [3.05, 3.63) is 52.5 Å². The molecule has 0 saturated heterocycles. The molecule has 9 heteroatoms. The molecule has 1 heterocycles. The van der Waals surface area contributed by atoms with Crippen LogP contribution in [0, 0.1) is 0 Å². The Balaban J connectivity index is 1.77. The maximum absolute atomic E-state index is 12.3. The zero-order chi connectivity index (χ0) is 20.1. The standard InChI is InChI=1S/C19H18Cl2N4O2S/c1-3-25-18(13-10-12(20)8-9-16(13)27-2)23-24-19(25)28-11-17(26)22-15-7-5-4-6-14(15)21/h4-10H,3,11H2,1-2H3,(H,22,26). The molecule has 0 fully saturated rings. The number of carbonyl (C=O) groups excluding carboxylic acids is 1. The second-order valence-electron chi connectivity index (χ2n) is 5.71. The fourth-order valence-electron chi connectivity index (χ4n) is 2.61. The van der Waals surface area contributed by atoms with Crippen molar-refractivity contribution in [2.75, 3.05) is 18.2 Å². The number of hydrogen-bond donors (Lipinski definition) is 1. The SMILES string of the molecule is CCn1c(SCC(=O)Nc2ccccc2Cl)nnc1-c1cc(Cl)ccc1OC. The van der Waals surface area contributed by atoms with Crippen molar-refractivity contribution in [1.29, 1.82) is 0 Å². The molecule has 2 aromatic carbocycles. The van der Waals surface area contributed by atoms with E-state index in [1.165, 1.54) is 11.8 Å². The van der Waals surface area contributed by atoms with Gasteiger partial charge in [-0.1, -0.05) is 47.1 Å². The van der Waals surface area contributed by atoms with Gasteiger partial charge in [0.2, 0.25) is 5.91 Å². The number of rotatable bonds is 7. The number of hydrogen-bond acceptors (Lipinski definition) is 5. The van der Waals surface area contributed by atoms with Crippen LogP contribution in [0.25, 0.3) is 11.4 Å². The third-order valence-electron chi connectivity index (χ3n) is 3.92. The molecule has 6 nitrogen and oxygen atoms in total. The lowest BCUT2D eigenvalue weighted by molar-refractivity contribution is -0.113. The van der Waals surface area contributed by atoms with E-state index in [9.17, 15) is 4.79 Å². The highest BCUT2D eigenvalue weighted by molar-refractivity contribution is 7.99. The van der Waals surface area contributed by atoms with Crippen molar-refractivity contribution in [1.82, 2.24) is 14.8 Å². The highest BCUT2D eigenvalue weighted by Crippen LogP contribution is 2.33. The summed E-state index contributed by atoms with van der Waals surface area (Å²) in [5, 5.41) is 13.0. The predicted molar refractivity (Wildman–Crippen MR) is 113 cm³/mol. The van der Waals surface area contributed by atoms with E-state index in [0.29, 0.717) is 39.0 Å². The van der Waals surface area contributed by atoms with Gasteiger partial charge in [-0.25, -0.2) is 0 Å². The van der Waals surface area contributed by atoms with Crippen LogP contribution in [0.2, 0.25) is 10.0 Å². The fraction of sp³-hybridized carbons (Fsp3) is 0.211. The predicted octanol–water partition coefficient (Wildman–Crippen LogP) is 5.01. The Bertz CT molecular complexity index is 994. The van der Waals surface area contributed by atoms with Crippen molar-refractivity contribution in [2.24, 2.45) is 0 Å². The van der Waals surface area contributed by atoms with Gasteiger partial charge in [0, 0.05) is 11.6 Å². The van der Waals surface area contributed by atoms with Gasteiger partial charge in [-0.3, -0.25) is 4.79 Å². The third kappa shape index (κ3) is 4.60. The molecule has 28 heavy (non-hydrogen) atoms. The highest BCUT2D eigenvalue weighted by Gasteiger charge is 2.18. The summed E-state index contributed by atoms with van der Waals surface area (Å²) in [7, 11) is 1.59. The molecule has 0 bridgehead atoms. The first-order valence-corrected chi connectivity index (χ1v) is 10.2. The number of para-hydroxylation sites is 1. The third-order valence-corrected chi connectivity index (χ3v) is 5.45. The maximum atomic E-state index is 12.3. The monoisotopic (exact) mass is 436 g/mol. The van der Waals surface area contributed by atoms with E-state index in [-0.39, 0.29) is 11.7 Å². The number of anilines is 1. The van der Waals surface area contributed by atoms with Crippen molar-refractivity contribution < 1.29 is 9.53 Å². The summed E-state index contributed by atoms with van der Waals surface area (Å²) in [6.07, 6.45) is 0. The number of nitrogens with zero attached hydrogens (tertiary/aromatic N) is 3. The number of nitrogens with one attached hydrogen (secondary N) is 1. The normalized spacial score (nSPS) is 10.7. The number of ether oxygens (including phenoxy) is 1. The zero-order valence-electron chi connectivity index (χ0n) is 15.3. The van der Waals surface area contributed by atoms with E-state index in [4.69, 9.17) is 27.9 Å². The molecule has 0 atom stereocenters. The Hall–Kier alpha value is -2.22. The van der Waals surface area contributed by atoms with Crippen LogP contribution in [0.3, 0.4) is 0 Å². The van der Waals surface area contributed by atoms with Gasteiger partial charge in [0.1, 0.15) is 5.75 Å². The van der Waals surface area contributed by atoms with Crippen LogP contribution >= 0.6 is 35.0 Å². The van der Waals surface area contributed by atoms with Crippen LogP contribution < -0.4 is 10.1 Å². The fourth-order valence-corrected chi connectivity index (χ4v) is 3.77. The number of thioether (sulfide) groups is 1. The summed E-state index contributed by atoms with van der Waals surface area (Å²) < 4.78 is 7.33. The number of methoxy groups -OCH3 is 1. The minimum atomic E-state index is -0.175. The molecule has 1 N–H and O–H groups in total. The number of aromatic nitrogens is 3. The molecular weight excluding hydrogens is 419 g/mol. The molecule has 146 valence electrons. The summed E-state index contributed by atoms with van der Waals surface area (Å²) in [6.45, 7) is 2.62. The van der Waals surface area contributed by atoms with Crippen molar-refractivity contribution >= 4 is 46.6 Å². The van der Waals surface area contributed by atoms with Crippen LogP contribution in [0.1, 0.15) is 6.92 Å². The average Bonchev–Trinajstić information content (AvgIpc) is 3.11. The van der Waals surface area contributed by atoms with Gasteiger partial charge in [0.15, 0.2) is 11.0 Å². The van der Waals surface area contributed by atoms with Gasteiger partial charge in [0.05, 0.1) is 29.1 Å². The lowest BCUT2D eigenvalue weighted by atomic mass is 10.2. The van der Waals surface area contributed by atoms with E-state index in [1.807, 2.05) is 23.6 Å².